The van der Waals surface area contributed by atoms with Gasteiger partial charge in [0, 0.05) is 74.4 Å². The van der Waals surface area contributed by atoms with Gasteiger partial charge in [0.05, 0.1) is 23.9 Å². The van der Waals surface area contributed by atoms with Crippen molar-refractivity contribution in [3.8, 4) is 0 Å². The maximum Gasteiger partial charge on any atom is 0.335 e. The summed E-state index contributed by atoms with van der Waals surface area (Å²) >= 11 is 6.80. The van der Waals surface area contributed by atoms with Gasteiger partial charge in [0.25, 0.3) is 0 Å². The summed E-state index contributed by atoms with van der Waals surface area (Å²) in [6, 6.07) is 0.250. The zero-order chi connectivity index (χ0) is 24.0. The molecule has 1 atom stereocenters. The van der Waals surface area contributed by atoms with Crippen LogP contribution in [0.5, 0.6) is 0 Å². The maximum atomic E-state index is 12.4. The highest BCUT2D eigenvalue weighted by Gasteiger charge is 2.30. The summed E-state index contributed by atoms with van der Waals surface area (Å²) in [4.78, 5) is 34.9. The molecular weight excluding hydrogens is 458 g/mol. The lowest BCUT2D eigenvalue weighted by Gasteiger charge is -2.42. The van der Waals surface area contributed by atoms with Crippen molar-refractivity contribution < 1.29 is 14.3 Å². The minimum Gasteiger partial charge on any atom is -0.466 e. The van der Waals surface area contributed by atoms with Gasteiger partial charge in [-0.3, -0.25) is 9.80 Å². The molecular formula is C23H33N5O3S2. The number of thiazole rings is 1. The number of hydrogen-bond acceptors (Lipinski definition) is 9. The lowest BCUT2D eigenvalue weighted by Crippen LogP contribution is -2.56. The second-order valence-electron chi connectivity index (χ2n) is 9.24. The Morgan fingerprint density at radius 3 is 2.88 bits per heavy atom. The number of carbonyl (C=O) groups excluding carboxylic acids is 2. The maximum absolute atomic E-state index is 12.4. The van der Waals surface area contributed by atoms with E-state index >= 15 is 0 Å². The van der Waals surface area contributed by atoms with Crippen molar-refractivity contribution in [2.24, 2.45) is 5.41 Å². The Labute approximate surface area is 205 Å². The smallest absolute Gasteiger partial charge is 0.335 e. The van der Waals surface area contributed by atoms with Gasteiger partial charge in [0.2, 0.25) is 0 Å². The van der Waals surface area contributed by atoms with Gasteiger partial charge in [-0.1, -0.05) is 32.1 Å². The van der Waals surface area contributed by atoms with E-state index in [2.05, 4.69) is 32.0 Å². The molecule has 1 unspecified atom stereocenters. The number of nitrogens with one attached hydrogen (secondary N) is 1. The highest BCUT2D eigenvalue weighted by Crippen LogP contribution is 2.26. The van der Waals surface area contributed by atoms with E-state index in [0.29, 0.717) is 25.1 Å². The Kier molecular flexibility index (Phi) is 8.75. The molecule has 10 heteroatoms. The molecule has 3 rings (SSSR count). The summed E-state index contributed by atoms with van der Waals surface area (Å²) in [7, 11) is 3.54. The topological polar surface area (TPSA) is 78.0 Å². The van der Waals surface area contributed by atoms with Gasteiger partial charge in [0.1, 0.15) is 11.3 Å². The highest BCUT2D eigenvalue weighted by atomic mass is 32.1. The second-order valence-corrected chi connectivity index (χ2v) is 10.3. The van der Waals surface area contributed by atoms with E-state index in [1.54, 1.807) is 23.0 Å². The third-order valence-electron chi connectivity index (χ3n) is 6.02. The fourth-order valence-corrected chi connectivity index (χ4v) is 4.92. The summed E-state index contributed by atoms with van der Waals surface area (Å²) in [5, 5.41) is 6.29. The van der Waals surface area contributed by atoms with Crippen LogP contribution in [0, 0.1) is 5.41 Å². The largest absolute Gasteiger partial charge is 0.466 e. The number of nitrogens with zero attached hydrogens (tertiary/aromatic N) is 4. The molecule has 1 fully saturated rings. The third-order valence-corrected chi connectivity index (χ3v) is 7.13. The summed E-state index contributed by atoms with van der Waals surface area (Å²) in [5.74, 6) is -0.305. The molecule has 0 spiro atoms. The zero-order valence-corrected chi connectivity index (χ0v) is 21.4. The van der Waals surface area contributed by atoms with E-state index in [1.807, 2.05) is 25.3 Å². The molecule has 1 aromatic rings. The van der Waals surface area contributed by atoms with Gasteiger partial charge in [0.15, 0.2) is 0 Å². The van der Waals surface area contributed by atoms with Crippen LogP contribution in [0.25, 0.3) is 5.70 Å². The Morgan fingerprint density at radius 2 is 2.24 bits per heavy atom. The van der Waals surface area contributed by atoms with E-state index in [4.69, 9.17) is 17.0 Å². The monoisotopic (exact) mass is 491 g/mol. The van der Waals surface area contributed by atoms with Crippen molar-refractivity contribution in [3.63, 3.8) is 0 Å². The van der Waals surface area contributed by atoms with E-state index in [1.165, 1.54) is 7.11 Å². The molecule has 180 valence electrons. The van der Waals surface area contributed by atoms with Crippen LogP contribution in [0.2, 0.25) is 0 Å². The first-order valence-corrected chi connectivity index (χ1v) is 12.4. The second kappa shape index (κ2) is 11.3. The molecule has 0 aliphatic carbocycles. The average Bonchev–Trinajstić information content (AvgIpc) is 3.35. The highest BCUT2D eigenvalue weighted by molar-refractivity contribution is 7.78. The van der Waals surface area contributed by atoms with Crippen LogP contribution in [0.3, 0.4) is 0 Å². The number of piperazine rings is 1. The molecule has 3 heterocycles. The van der Waals surface area contributed by atoms with E-state index in [0.717, 1.165) is 48.9 Å². The van der Waals surface area contributed by atoms with E-state index in [-0.39, 0.29) is 12.0 Å². The van der Waals surface area contributed by atoms with Crippen molar-refractivity contribution >= 4 is 47.0 Å². The number of likely N-dealkylation sites (N-methyl/N-ethyl adjacent to an activating group) is 1. The minimum atomic E-state index is -0.451. The number of dihydropyridines is 1. The molecule has 0 saturated carbocycles. The van der Waals surface area contributed by atoms with Crippen LogP contribution >= 0.6 is 23.6 Å². The number of esters is 1. The normalized spacial score (nSPS) is 20.1. The first-order chi connectivity index (χ1) is 15.8. The molecule has 1 N–H and O–H groups in total. The van der Waals surface area contributed by atoms with Crippen LogP contribution in [0.15, 0.2) is 28.9 Å². The molecule has 0 aromatic carbocycles. The summed E-state index contributed by atoms with van der Waals surface area (Å²) in [6.07, 6.45) is 5.27. The number of rotatable bonds is 10. The van der Waals surface area contributed by atoms with E-state index < -0.39 is 5.41 Å². The number of ether oxygens (including phenoxy) is 1. The Hall–Kier alpha value is -2.14. The molecule has 33 heavy (non-hydrogen) atoms. The SMILES string of the molecule is COC(=O)C1=C(CN2CCN(C)C(CN(C=S)CC(C)(C)C=O)C2)NC(c2nccs2)=CC1. The quantitative estimate of drug-likeness (QED) is 0.300. The number of carbonyl (C=O) groups is 2. The third kappa shape index (κ3) is 6.69. The van der Waals surface area contributed by atoms with Gasteiger partial charge in [-0.25, -0.2) is 9.78 Å². The van der Waals surface area contributed by atoms with Crippen LogP contribution < -0.4 is 5.32 Å². The van der Waals surface area contributed by atoms with Gasteiger partial charge >= 0.3 is 5.97 Å². The zero-order valence-electron chi connectivity index (χ0n) is 19.7. The Balaban J connectivity index is 1.71. The fraction of sp³-hybridized carbons (Fsp3) is 0.565. The molecule has 1 saturated heterocycles. The molecule has 1 aromatic heterocycles. The first kappa shape index (κ1) is 25.5. The molecule has 0 bridgehead atoms. The number of aromatic nitrogens is 1. The molecule has 8 nitrogen and oxygen atoms in total. The fourth-order valence-electron chi connectivity index (χ4n) is 4.13. The van der Waals surface area contributed by atoms with Gasteiger partial charge in [-0.2, -0.15) is 0 Å². The number of allylic oxidation sites excluding steroid dienone is 1. The van der Waals surface area contributed by atoms with Gasteiger partial charge < -0.3 is 19.7 Å². The Bertz CT molecular complexity index is 913. The van der Waals surface area contributed by atoms with Crippen molar-refractivity contribution in [1.29, 1.82) is 0 Å². The molecule has 0 radical (unpaired) electrons. The number of methoxy groups -OCH3 is 1. The van der Waals surface area contributed by atoms with E-state index in [9.17, 15) is 9.59 Å². The van der Waals surface area contributed by atoms with Crippen molar-refractivity contribution in [3.05, 3.63) is 33.9 Å². The predicted molar refractivity (Wildman–Crippen MR) is 135 cm³/mol. The average molecular weight is 492 g/mol. The lowest BCUT2D eigenvalue weighted by molar-refractivity contribution is -0.136. The summed E-state index contributed by atoms with van der Waals surface area (Å²) in [6.45, 7) is 8.42. The van der Waals surface area contributed by atoms with Gasteiger partial charge in [-0.15, -0.1) is 11.3 Å². The van der Waals surface area contributed by atoms with Crippen molar-refractivity contribution in [2.45, 2.75) is 26.3 Å². The van der Waals surface area contributed by atoms with Crippen LogP contribution in [-0.4, -0.2) is 96.9 Å². The van der Waals surface area contributed by atoms with Crippen LogP contribution in [-0.2, 0) is 14.3 Å². The molecule has 0 amide bonds. The van der Waals surface area contributed by atoms with Crippen molar-refractivity contribution in [1.82, 2.24) is 25.0 Å². The summed E-state index contributed by atoms with van der Waals surface area (Å²) in [5.41, 5.74) is 3.66. The number of thiocarbonyl (C=S) groups is 1. The predicted octanol–water partition coefficient (Wildman–Crippen LogP) is 2.00. The standard InChI is InChI=1S/C23H33N5O3S2/c1-23(2,15-29)14-28(16-32)12-17-11-27(9-8-26(17)3)13-20-18(22(30)31-4)5-6-19(25-20)21-24-7-10-33-21/h6-7,10,15-17,25H,5,8-9,11-14H2,1-4H3. The van der Waals surface area contributed by atoms with Gasteiger partial charge in [-0.05, 0) is 7.05 Å². The summed E-state index contributed by atoms with van der Waals surface area (Å²) < 4.78 is 5.04. The van der Waals surface area contributed by atoms with Crippen LogP contribution in [0.1, 0.15) is 25.3 Å². The Morgan fingerprint density at radius 1 is 1.45 bits per heavy atom. The molecule has 2 aliphatic heterocycles. The van der Waals surface area contributed by atoms with Crippen LogP contribution in [0.4, 0.5) is 0 Å². The molecule has 2 aliphatic rings. The number of hydrogen-bond donors (Lipinski definition) is 1. The van der Waals surface area contributed by atoms with Crippen molar-refractivity contribution in [2.75, 3.05) is 53.4 Å². The lowest BCUT2D eigenvalue weighted by atomic mass is 9.95. The number of aldehydes is 1. The first-order valence-electron chi connectivity index (χ1n) is 11.0. The minimum absolute atomic E-state index is 0.250.